The molecule has 1 atom stereocenters. The molecule has 1 amide bonds. The molecule has 0 radical (unpaired) electrons. The minimum atomic E-state index is -4.51. The Morgan fingerprint density at radius 1 is 1.12 bits per heavy atom. The minimum absolute atomic E-state index is 0.0408. The molecule has 33 heavy (non-hydrogen) atoms. The standard InChI is InChI=1S/C22H22F3N5O2S/c1-14-5-7-16(8-6-14)18-27-19(32-28-18)15(2)29-10-12-30(13-11-29)21(31)17-4-3-9-26-20(17)33-22(23,24)25/h3-9,15H,10-13H2,1-2H3. The van der Waals surface area contributed by atoms with Gasteiger partial charge in [0.25, 0.3) is 5.91 Å². The van der Waals surface area contributed by atoms with Crippen molar-refractivity contribution in [3.63, 3.8) is 0 Å². The number of rotatable bonds is 5. The maximum absolute atomic E-state index is 12.9. The number of hydrogen-bond acceptors (Lipinski definition) is 7. The van der Waals surface area contributed by atoms with Crippen LogP contribution < -0.4 is 0 Å². The van der Waals surface area contributed by atoms with E-state index in [-0.39, 0.29) is 28.4 Å². The lowest BCUT2D eigenvalue weighted by molar-refractivity contribution is -0.0329. The zero-order valence-corrected chi connectivity index (χ0v) is 18.9. The number of nitrogens with zero attached hydrogens (tertiary/aromatic N) is 5. The lowest BCUT2D eigenvalue weighted by Gasteiger charge is -2.37. The first-order valence-corrected chi connectivity index (χ1v) is 11.2. The summed E-state index contributed by atoms with van der Waals surface area (Å²) in [6.45, 7) is 5.74. The van der Waals surface area contributed by atoms with Crippen LogP contribution in [0.1, 0.15) is 34.8 Å². The molecule has 0 spiro atoms. The van der Waals surface area contributed by atoms with Crippen molar-refractivity contribution in [1.29, 1.82) is 0 Å². The van der Waals surface area contributed by atoms with Gasteiger partial charge in [-0.3, -0.25) is 9.69 Å². The maximum atomic E-state index is 12.9. The fourth-order valence-corrected chi connectivity index (χ4v) is 4.21. The van der Waals surface area contributed by atoms with E-state index in [1.54, 1.807) is 4.90 Å². The Balaban J connectivity index is 1.39. The Morgan fingerprint density at radius 3 is 2.48 bits per heavy atom. The molecule has 1 aromatic carbocycles. The van der Waals surface area contributed by atoms with Gasteiger partial charge in [0, 0.05) is 49.7 Å². The van der Waals surface area contributed by atoms with E-state index < -0.39 is 11.4 Å². The number of aromatic nitrogens is 3. The first-order valence-electron chi connectivity index (χ1n) is 10.4. The van der Waals surface area contributed by atoms with Crippen molar-refractivity contribution in [2.45, 2.75) is 30.4 Å². The van der Waals surface area contributed by atoms with Crippen molar-refractivity contribution in [3.05, 3.63) is 59.6 Å². The second-order valence-electron chi connectivity index (χ2n) is 7.73. The second-order valence-corrected chi connectivity index (χ2v) is 8.78. The smallest absolute Gasteiger partial charge is 0.337 e. The number of carbonyl (C=O) groups is 1. The molecule has 1 fully saturated rings. The van der Waals surface area contributed by atoms with Gasteiger partial charge in [0.15, 0.2) is 0 Å². The van der Waals surface area contributed by atoms with E-state index in [4.69, 9.17) is 4.52 Å². The highest BCUT2D eigenvalue weighted by Gasteiger charge is 2.34. The molecular formula is C22H22F3N5O2S. The third-order valence-electron chi connectivity index (χ3n) is 5.47. The molecule has 0 bridgehead atoms. The van der Waals surface area contributed by atoms with Gasteiger partial charge in [0.2, 0.25) is 11.7 Å². The quantitative estimate of drug-likeness (QED) is 0.498. The summed E-state index contributed by atoms with van der Waals surface area (Å²) in [4.78, 5) is 24.8. The van der Waals surface area contributed by atoms with Gasteiger partial charge in [-0.05, 0) is 26.0 Å². The number of aryl methyl sites for hydroxylation is 1. The molecule has 11 heteroatoms. The van der Waals surface area contributed by atoms with Crippen LogP contribution >= 0.6 is 11.8 Å². The highest BCUT2D eigenvalue weighted by atomic mass is 32.2. The number of hydrogen-bond donors (Lipinski definition) is 0. The van der Waals surface area contributed by atoms with Crippen molar-refractivity contribution in [2.75, 3.05) is 26.2 Å². The average molecular weight is 478 g/mol. The average Bonchev–Trinajstić information content (AvgIpc) is 3.28. The Morgan fingerprint density at radius 2 is 1.82 bits per heavy atom. The van der Waals surface area contributed by atoms with Gasteiger partial charge in [-0.2, -0.15) is 18.2 Å². The largest absolute Gasteiger partial charge is 0.447 e. The Hall–Kier alpha value is -2.92. The van der Waals surface area contributed by atoms with Gasteiger partial charge in [-0.1, -0.05) is 35.0 Å². The summed E-state index contributed by atoms with van der Waals surface area (Å²) >= 11 is -0.373. The summed E-state index contributed by atoms with van der Waals surface area (Å²) in [6.07, 6.45) is 1.25. The Bertz CT molecular complexity index is 1110. The first-order chi connectivity index (χ1) is 15.7. The topological polar surface area (TPSA) is 75.4 Å². The van der Waals surface area contributed by atoms with E-state index in [9.17, 15) is 18.0 Å². The summed E-state index contributed by atoms with van der Waals surface area (Å²) in [5.74, 6) is 0.528. The number of pyridine rings is 1. The van der Waals surface area contributed by atoms with Crippen molar-refractivity contribution in [2.24, 2.45) is 0 Å². The molecule has 0 saturated carbocycles. The summed E-state index contributed by atoms with van der Waals surface area (Å²) in [5.41, 5.74) is -2.55. The summed E-state index contributed by atoms with van der Waals surface area (Å²) in [5, 5.41) is 3.74. The first kappa shape index (κ1) is 23.2. The molecular weight excluding hydrogens is 455 g/mol. The van der Waals surface area contributed by atoms with Crippen LogP contribution in [0, 0.1) is 6.92 Å². The second kappa shape index (κ2) is 9.52. The van der Waals surface area contributed by atoms with Crippen molar-refractivity contribution < 1.29 is 22.5 Å². The molecule has 4 rings (SSSR count). The highest BCUT2D eigenvalue weighted by molar-refractivity contribution is 8.00. The zero-order chi connectivity index (χ0) is 23.6. The van der Waals surface area contributed by atoms with Gasteiger partial charge >= 0.3 is 5.51 Å². The molecule has 7 nitrogen and oxygen atoms in total. The lowest BCUT2D eigenvalue weighted by atomic mass is 10.1. The minimum Gasteiger partial charge on any atom is -0.337 e. The van der Waals surface area contributed by atoms with Gasteiger partial charge in [0.05, 0.1) is 11.6 Å². The van der Waals surface area contributed by atoms with Crippen LogP contribution in [-0.4, -0.2) is 62.5 Å². The molecule has 3 aromatic rings. The number of piperazine rings is 1. The normalized spacial score (nSPS) is 16.1. The number of amides is 1. The number of carbonyl (C=O) groups excluding carboxylic acids is 1. The Labute approximate surface area is 193 Å². The van der Waals surface area contributed by atoms with Gasteiger partial charge in [0.1, 0.15) is 5.03 Å². The Kier molecular flexibility index (Phi) is 6.71. The van der Waals surface area contributed by atoms with Gasteiger partial charge in [-0.25, -0.2) is 4.98 Å². The number of thioether (sulfide) groups is 1. The van der Waals surface area contributed by atoms with Crippen molar-refractivity contribution in [3.8, 4) is 11.4 Å². The van der Waals surface area contributed by atoms with E-state index >= 15 is 0 Å². The molecule has 3 heterocycles. The number of alkyl halides is 3. The van der Waals surface area contributed by atoms with E-state index in [0.29, 0.717) is 37.9 Å². The molecule has 1 aliphatic rings. The molecule has 0 N–H and O–H groups in total. The van der Waals surface area contributed by atoms with Crippen molar-refractivity contribution in [1.82, 2.24) is 24.9 Å². The van der Waals surface area contributed by atoms with E-state index in [1.165, 1.54) is 18.3 Å². The van der Waals surface area contributed by atoms with Crippen LogP contribution in [0.3, 0.4) is 0 Å². The third-order valence-corrected chi connectivity index (χ3v) is 6.22. The van der Waals surface area contributed by atoms with E-state index in [0.717, 1.165) is 11.1 Å². The summed E-state index contributed by atoms with van der Waals surface area (Å²) < 4.78 is 44.0. The van der Waals surface area contributed by atoms with Crippen LogP contribution in [0.15, 0.2) is 52.1 Å². The van der Waals surface area contributed by atoms with E-state index in [1.807, 2.05) is 38.1 Å². The molecule has 1 saturated heterocycles. The van der Waals surface area contributed by atoms with Crippen molar-refractivity contribution >= 4 is 17.7 Å². The van der Waals surface area contributed by atoms with Crippen LogP contribution in [0.4, 0.5) is 13.2 Å². The fraction of sp³-hybridized carbons (Fsp3) is 0.364. The lowest BCUT2D eigenvalue weighted by Crippen LogP contribution is -2.49. The third kappa shape index (κ3) is 5.53. The molecule has 1 aliphatic heterocycles. The van der Waals surface area contributed by atoms with Crippen LogP contribution in [0.2, 0.25) is 0 Å². The maximum Gasteiger partial charge on any atom is 0.447 e. The molecule has 0 aliphatic carbocycles. The van der Waals surface area contributed by atoms with Gasteiger partial charge < -0.3 is 9.42 Å². The number of benzene rings is 1. The van der Waals surface area contributed by atoms with Crippen LogP contribution in [0.25, 0.3) is 11.4 Å². The van der Waals surface area contributed by atoms with E-state index in [2.05, 4.69) is 20.0 Å². The highest BCUT2D eigenvalue weighted by Crippen LogP contribution is 2.37. The summed E-state index contributed by atoms with van der Waals surface area (Å²) in [7, 11) is 0. The van der Waals surface area contributed by atoms with Crippen LogP contribution in [0.5, 0.6) is 0 Å². The molecule has 174 valence electrons. The van der Waals surface area contributed by atoms with Crippen LogP contribution in [-0.2, 0) is 0 Å². The molecule has 1 unspecified atom stereocenters. The molecule has 2 aromatic heterocycles. The SMILES string of the molecule is Cc1ccc(-c2noc(C(C)N3CCN(C(=O)c4cccnc4SC(F)(F)F)CC3)n2)cc1. The summed E-state index contributed by atoms with van der Waals surface area (Å²) in [6, 6.07) is 10.5. The predicted molar refractivity (Wildman–Crippen MR) is 117 cm³/mol. The monoisotopic (exact) mass is 477 g/mol. The van der Waals surface area contributed by atoms with Gasteiger partial charge in [-0.15, -0.1) is 0 Å². The number of halogens is 3. The predicted octanol–water partition coefficient (Wildman–Crippen LogP) is 4.57. The zero-order valence-electron chi connectivity index (χ0n) is 18.0. The fourth-order valence-electron chi connectivity index (χ4n) is 3.61.